The molecule has 96 valence electrons. The molecule has 1 saturated heterocycles. The predicted octanol–water partition coefficient (Wildman–Crippen LogP) is 3.47. The van der Waals surface area contributed by atoms with Crippen molar-refractivity contribution < 1.29 is 0 Å². The number of rotatable bonds is 4. The molecule has 18 heavy (non-hydrogen) atoms. The van der Waals surface area contributed by atoms with Gasteiger partial charge in [0.1, 0.15) is 0 Å². The van der Waals surface area contributed by atoms with Crippen LogP contribution in [-0.2, 0) is 0 Å². The van der Waals surface area contributed by atoms with Crippen LogP contribution in [0.2, 0.25) is 0 Å². The zero-order chi connectivity index (χ0) is 12.8. The number of hydrogen-bond donors (Lipinski definition) is 0. The first-order valence-corrected chi connectivity index (χ1v) is 7.67. The molecule has 0 N–H and O–H groups in total. The van der Waals surface area contributed by atoms with Crippen LogP contribution in [0.15, 0.2) is 30.3 Å². The summed E-state index contributed by atoms with van der Waals surface area (Å²) in [5, 5.41) is 9.80. The van der Waals surface area contributed by atoms with Crippen LogP contribution < -0.4 is 0 Å². The second-order valence-electron chi connectivity index (χ2n) is 4.68. The Hall–Kier alpha value is -0.980. The SMILES string of the molecule is CCC1CN(C(CC#N)c2ccccc2)CCS1. The molecule has 0 bridgehead atoms. The van der Waals surface area contributed by atoms with Crippen LogP contribution in [0.4, 0.5) is 0 Å². The minimum Gasteiger partial charge on any atom is -0.293 e. The van der Waals surface area contributed by atoms with Gasteiger partial charge < -0.3 is 0 Å². The van der Waals surface area contributed by atoms with Crippen molar-refractivity contribution in [3.8, 4) is 6.07 Å². The molecule has 0 amide bonds. The molecule has 0 saturated carbocycles. The second kappa shape index (κ2) is 6.82. The average Bonchev–Trinajstić information content (AvgIpc) is 2.46. The lowest BCUT2D eigenvalue weighted by Gasteiger charge is -2.37. The maximum absolute atomic E-state index is 9.07. The lowest BCUT2D eigenvalue weighted by atomic mass is 10.0. The molecule has 2 rings (SSSR count). The number of thioether (sulfide) groups is 1. The third kappa shape index (κ3) is 3.28. The van der Waals surface area contributed by atoms with Gasteiger partial charge in [0, 0.05) is 30.1 Å². The van der Waals surface area contributed by atoms with E-state index in [2.05, 4.69) is 53.9 Å². The molecular formula is C15H20N2S. The molecule has 0 aliphatic carbocycles. The molecule has 2 atom stereocenters. The fourth-order valence-corrected chi connectivity index (χ4v) is 3.70. The van der Waals surface area contributed by atoms with Gasteiger partial charge in [0.25, 0.3) is 0 Å². The van der Waals surface area contributed by atoms with E-state index in [-0.39, 0.29) is 6.04 Å². The van der Waals surface area contributed by atoms with Gasteiger partial charge in [0.15, 0.2) is 0 Å². The normalized spacial score (nSPS) is 22.3. The van der Waals surface area contributed by atoms with Gasteiger partial charge in [-0.2, -0.15) is 17.0 Å². The molecule has 0 spiro atoms. The molecule has 2 nitrogen and oxygen atoms in total. The van der Waals surface area contributed by atoms with E-state index < -0.39 is 0 Å². The van der Waals surface area contributed by atoms with E-state index in [1.165, 1.54) is 17.7 Å². The van der Waals surface area contributed by atoms with Crippen LogP contribution in [0.25, 0.3) is 0 Å². The summed E-state index contributed by atoms with van der Waals surface area (Å²) in [6.07, 6.45) is 1.81. The fraction of sp³-hybridized carbons (Fsp3) is 0.533. The Balaban J connectivity index is 2.13. The number of hydrogen-bond acceptors (Lipinski definition) is 3. The van der Waals surface area contributed by atoms with Gasteiger partial charge in [-0.1, -0.05) is 37.3 Å². The monoisotopic (exact) mass is 260 g/mol. The first-order valence-electron chi connectivity index (χ1n) is 6.62. The van der Waals surface area contributed by atoms with E-state index in [0.29, 0.717) is 6.42 Å². The van der Waals surface area contributed by atoms with Gasteiger partial charge in [0.05, 0.1) is 12.5 Å². The first kappa shape index (κ1) is 13.5. The molecule has 0 aromatic heterocycles. The molecule has 2 unspecified atom stereocenters. The summed E-state index contributed by atoms with van der Waals surface area (Å²) in [5.41, 5.74) is 1.28. The molecule has 1 aliphatic rings. The van der Waals surface area contributed by atoms with Crippen molar-refractivity contribution in [3.63, 3.8) is 0 Å². The van der Waals surface area contributed by atoms with Gasteiger partial charge in [-0.25, -0.2) is 0 Å². The van der Waals surface area contributed by atoms with Crippen LogP contribution in [0.5, 0.6) is 0 Å². The average molecular weight is 260 g/mol. The molecular weight excluding hydrogens is 240 g/mol. The molecule has 1 heterocycles. The number of nitriles is 1. The van der Waals surface area contributed by atoms with Gasteiger partial charge in [-0.3, -0.25) is 4.90 Å². The fourth-order valence-electron chi connectivity index (χ4n) is 2.49. The van der Waals surface area contributed by atoms with Crippen molar-refractivity contribution in [2.24, 2.45) is 0 Å². The highest BCUT2D eigenvalue weighted by atomic mass is 32.2. The lowest BCUT2D eigenvalue weighted by Crippen LogP contribution is -2.40. The third-order valence-corrected chi connectivity index (χ3v) is 4.91. The predicted molar refractivity (Wildman–Crippen MR) is 77.5 cm³/mol. The summed E-state index contributed by atoms with van der Waals surface area (Å²) in [7, 11) is 0. The zero-order valence-corrected chi connectivity index (χ0v) is 11.7. The Labute approximate surface area is 114 Å². The Morgan fingerprint density at radius 1 is 1.44 bits per heavy atom. The molecule has 1 aromatic carbocycles. The molecule has 0 radical (unpaired) electrons. The Morgan fingerprint density at radius 3 is 2.89 bits per heavy atom. The van der Waals surface area contributed by atoms with Gasteiger partial charge in [-0.15, -0.1) is 0 Å². The maximum Gasteiger partial charge on any atom is 0.0641 e. The topological polar surface area (TPSA) is 27.0 Å². The van der Waals surface area contributed by atoms with Crippen molar-refractivity contribution in [1.82, 2.24) is 4.90 Å². The van der Waals surface area contributed by atoms with Crippen LogP contribution >= 0.6 is 11.8 Å². The second-order valence-corrected chi connectivity index (χ2v) is 6.09. The lowest BCUT2D eigenvalue weighted by molar-refractivity contribution is 0.205. The Morgan fingerprint density at radius 2 is 2.22 bits per heavy atom. The Kier molecular flexibility index (Phi) is 5.10. The third-order valence-electron chi connectivity index (χ3n) is 3.54. The first-order chi connectivity index (χ1) is 8.85. The molecule has 1 aliphatic heterocycles. The van der Waals surface area contributed by atoms with Crippen LogP contribution in [0, 0.1) is 11.3 Å². The zero-order valence-electron chi connectivity index (χ0n) is 10.9. The molecule has 1 aromatic rings. The van der Waals surface area contributed by atoms with E-state index in [0.717, 1.165) is 18.3 Å². The summed E-state index contributed by atoms with van der Waals surface area (Å²) in [6, 6.07) is 13.1. The smallest absolute Gasteiger partial charge is 0.0641 e. The Bertz CT molecular complexity index is 399. The van der Waals surface area contributed by atoms with Crippen LogP contribution in [0.3, 0.4) is 0 Å². The summed E-state index contributed by atoms with van der Waals surface area (Å²) in [4.78, 5) is 2.49. The van der Waals surface area contributed by atoms with Crippen LogP contribution in [0.1, 0.15) is 31.4 Å². The van der Waals surface area contributed by atoms with E-state index in [1.54, 1.807) is 0 Å². The summed E-state index contributed by atoms with van der Waals surface area (Å²) >= 11 is 2.07. The van der Waals surface area contributed by atoms with Crippen molar-refractivity contribution in [1.29, 1.82) is 5.26 Å². The van der Waals surface area contributed by atoms with Crippen molar-refractivity contribution in [2.45, 2.75) is 31.1 Å². The summed E-state index contributed by atoms with van der Waals surface area (Å²) in [5.74, 6) is 1.19. The quantitative estimate of drug-likeness (QED) is 0.829. The summed E-state index contributed by atoms with van der Waals surface area (Å²) < 4.78 is 0. The van der Waals surface area contributed by atoms with Crippen LogP contribution in [-0.4, -0.2) is 29.0 Å². The van der Waals surface area contributed by atoms with Gasteiger partial charge >= 0.3 is 0 Å². The standard InChI is InChI=1S/C15H20N2S/c1-2-14-12-17(10-11-18-14)15(8-9-16)13-6-4-3-5-7-13/h3-7,14-15H,2,8,10-12H2,1H3. The molecule has 1 fully saturated rings. The van der Waals surface area contributed by atoms with E-state index in [9.17, 15) is 0 Å². The van der Waals surface area contributed by atoms with Crippen molar-refractivity contribution in [2.75, 3.05) is 18.8 Å². The summed E-state index contributed by atoms with van der Waals surface area (Å²) in [6.45, 7) is 4.47. The van der Waals surface area contributed by atoms with E-state index >= 15 is 0 Å². The highest BCUT2D eigenvalue weighted by molar-refractivity contribution is 8.00. The molecule has 3 heteroatoms. The largest absolute Gasteiger partial charge is 0.293 e. The van der Waals surface area contributed by atoms with Crippen molar-refractivity contribution >= 4 is 11.8 Å². The minimum atomic E-state index is 0.270. The number of nitrogens with zero attached hydrogens (tertiary/aromatic N) is 2. The maximum atomic E-state index is 9.07. The number of benzene rings is 1. The van der Waals surface area contributed by atoms with Gasteiger partial charge in [-0.05, 0) is 12.0 Å². The highest BCUT2D eigenvalue weighted by Gasteiger charge is 2.26. The van der Waals surface area contributed by atoms with Gasteiger partial charge in [0.2, 0.25) is 0 Å². The highest BCUT2D eigenvalue weighted by Crippen LogP contribution is 2.30. The minimum absolute atomic E-state index is 0.270. The van der Waals surface area contributed by atoms with E-state index in [1.807, 2.05) is 6.07 Å². The van der Waals surface area contributed by atoms with Crippen molar-refractivity contribution in [3.05, 3.63) is 35.9 Å². The van der Waals surface area contributed by atoms with E-state index in [4.69, 9.17) is 5.26 Å².